The molecule has 0 aromatic carbocycles. The van der Waals surface area contributed by atoms with Gasteiger partial charge in [-0.15, -0.1) is 0 Å². The average Bonchev–Trinajstić information content (AvgIpc) is 3.64. The zero-order valence-corrected chi connectivity index (χ0v) is 63.9. The van der Waals surface area contributed by atoms with Crippen LogP contribution in [0.2, 0.25) is 0 Å². The third-order valence-electron chi connectivity index (χ3n) is 18.4. The van der Waals surface area contributed by atoms with Gasteiger partial charge in [-0.3, -0.25) is 37.3 Å². The SMILES string of the molecule is CCCCCCCCCCCCCCCCCCC(=O)O[C@H](COC(=O)CCCCCCCCCCCCCCC(C)C)COP(=O)(O)OC[C@@H](O)COP(=O)(O)OC[C@@H](COC(=O)CCCCCCCCC(C)CC)OC(=O)CCCCCCCCCCCCC(C)CC. The Morgan fingerprint density at radius 2 is 0.537 bits per heavy atom. The summed E-state index contributed by atoms with van der Waals surface area (Å²) in [7, 11) is -9.91. The lowest BCUT2D eigenvalue weighted by molar-refractivity contribution is -0.161. The fraction of sp³-hybridized carbons (Fsp3) is 0.947. The number of hydrogen-bond donors (Lipinski definition) is 3. The van der Waals surface area contributed by atoms with Crippen LogP contribution < -0.4 is 0 Å². The van der Waals surface area contributed by atoms with Crippen LogP contribution in [0.4, 0.5) is 0 Å². The average molecular weight is 1400 g/mol. The van der Waals surface area contributed by atoms with E-state index in [1.807, 2.05) is 0 Å². The second-order valence-electron chi connectivity index (χ2n) is 28.4. The van der Waals surface area contributed by atoms with Gasteiger partial charge in [-0.25, -0.2) is 9.13 Å². The van der Waals surface area contributed by atoms with Crippen LogP contribution in [0.15, 0.2) is 0 Å². The van der Waals surface area contributed by atoms with Crippen molar-refractivity contribution in [2.45, 2.75) is 407 Å². The number of rotatable bonds is 74. The summed E-state index contributed by atoms with van der Waals surface area (Å²) in [5, 5.41) is 10.6. The van der Waals surface area contributed by atoms with Crippen LogP contribution in [-0.4, -0.2) is 96.7 Å². The molecule has 0 aliphatic rings. The highest BCUT2D eigenvalue weighted by Crippen LogP contribution is 2.45. The summed E-state index contributed by atoms with van der Waals surface area (Å²) in [6.07, 6.45) is 52.6. The summed E-state index contributed by atoms with van der Waals surface area (Å²) in [6, 6.07) is 0. The Hall–Kier alpha value is -1.94. The molecule has 7 atom stereocenters. The lowest BCUT2D eigenvalue weighted by atomic mass is 9.99. The monoisotopic (exact) mass is 1400 g/mol. The van der Waals surface area contributed by atoms with E-state index >= 15 is 0 Å². The van der Waals surface area contributed by atoms with E-state index < -0.39 is 97.5 Å². The largest absolute Gasteiger partial charge is 0.472 e. The lowest BCUT2D eigenvalue weighted by Gasteiger charge is -2.21. The predicted molar refractivity (Wildman–Crippen MR) is 386 cm³/mol. The van der Waals surface area contributed by atoms with Gasteiger partial charge in [0.25, 0.3) is 0 Å². The van der Waals surface area contributed by atoms with Crippen molar-refractivity contribution < 1.29 is 80.2 Å². The number of carbonyl (C=O) groups excluding carboxylic acids is 4. The fourth-order valence-electron chi connectivity index (χ4n) is 11.5. The summed E-state index contributed by atoms with van der Waals surface area (Å²) in [5.41, 5.74) is 0. The quantitative estimate of drug-likeness (QED) is 0.0222. The van der Waals surface area contributed by atoms with Crippen LogP contribution in [0.5, 0.6) is 0 Å². The Kier molecular flexibility index (Phi) is 65.2. The van der Waals surface area contributed by atoms with E-state index in [2.05, 4.69) is 48.5 Å². The minimum atomic E-state index is -4.96. The third kappa shape index (κ3) is 67.6. The number of carbonyl (C=O) groups is 4. The van der Waals surface area contributed by atoms with Gasteiger partial charge in [0.2, 0.25) is 0 Å². The minimum absolute atomic E-state index is 0.105. The molecule has 0 fully saturated rings. The van der Waals surface area contributed by atoms with Gasteiger partial charge < -0.3 is 33.8 Å². The number of ether oxygens (including phenoxy) is 4. The normalized spacial score (nSPS) is 14.6. The molecule has 0 spiro atoms. The number of aliphatic hydroxyl groups is 1. The van der Waals surface area contributed by atoms with Crippen LogP contribution >= 0.6 is 15.6 Å². The Labute approximate surface area is 581 Å². The summed E-state index contributed by atoms with van der Waals surface area (Å²) in [6.45, 7) is 11.9. The van der Waals surface area contributed by atoms with E-state index in [0.29, 0.717) is 25.7 Å². The molecule has 3 N–H and O–H groups in total. The van der Waals surface area contributed by atoms with Crippen LogP contribution in [0.25, 0.3) is 0 Å². The molecular formula is C76H148O17P2. The summed E-state index contributed by atoms with van der Waals surface area (Å²) < 4.78 is 68.5. The van der Waals surface area contributed by atoms with Crippen molar-refractivity contribution in [1.82, 2.24) is 0 Å². The zero-order chi connectivity index (χ0) is 70.1. The molecule has 564 valence electrons. The van der Waals surface area contributed by atoms with Gasteiger partial charge in [-0.05, 0) is 43.4 Å². The molecule has 0 aliphatic heterocycles. The summed E-state index contributed by atoms with van der Waals surface area (Å²) in [5.74, 6) is 0.198. The Bertz CT molecular complexity index is 1860. The van der Waals surface area contributed by atoms with Crippen molar-refractivity contribution in [2.24, 2.45) is 17.8 Å². The number of esters is 4. The van der Waals surface area contributed by atoms with Crippen molar-refractivity contribution in [3.05, 3.63) is 0 Å². The fourth-order valence-corrected chi connectivity index (χ4v) is 13.1. The van der Waals surface area contributed by atoms with E-state index in [4.69, 9.17) is 37.0 Å². The molecule has 0 aromatic heterocycles. The molecule has 0 heterocycles. The van der Waals surface area contributed by atoms with E-state index in [9.17, 15) is 43.2 Å². The summed E-state index contributed by atoms with van der Waals surface area (Å²) in [4.78, 5) is 72.8. The maximum Gasteiger partial charge on any atom is 0.472 e. The second kappa shape index (κ2) is 66.6. The first kappa shape index (κ1) is 93.1. The van der Waals surface area contributed by atoms with E-state index in [1.54, 1.807) is 0 Å². The van der Waals surface area contributed by atoms with Crippen LogP contribution in [0.3, 0.4) is 0 Å². The maximum absolute atomic E-state index is 13.1. The molecule has 17 nitrogen and oxygen atoms in total. The van der Waals surface area contributed by atoms with Gasteiger partial charge in [0.1, 0.15) is 19.3 Å². The van der Waals surface area contributed by atoms with E-state index in [1.165, 1.54) is 193 Å². The molecule has 0 bridgehead atoms. The van der Waals surface area contributed by atoms with Crippen molar-refractivity contribution in [3.8, 4) is 0 Å². The standard InChI is InChI=1S/C76H148O17P2/c1-8-11-12-13-14-15-16-17-18-19-20-25-31-36-45-52-59-75(80)92-71(63-86-73(78)57-50-43-35-30-24-22-21-23-28-33-40-47-54-67(4)5)65-90-94(82,83)88-61-70(77)62-89-95(84,85)91-66-72(64-87-74(79)58-51-44-39-38-42-49-56-69(7)10-3)93-76(81)60-53-46-37-32-27-26-29-34-41-48-55-68(6)9-2/h67-72,77H,8-66H2,1-7H3,(H,82,83)(H,84,85)/t68?,69?,70-,71-,72-/m1/s1. The Morgan fingerprint density at radius 3 is 0.800 bits per heavy atom. The lowest BCUT2D eigenvalue weighted by Crippen LogP contribution is -2.30. The second-order valence-corrected chi connectivity index (χ2v) is 31.3. The molecule has 0 amide bonds. The molecule has 95 heavy (non-hydrogen) atoms. The molecule has 4 unspecified atom stereocenters. The highest BCUT2D eigenvalue weighted by Gasteiger charge is 2.30. The van der Waals surface area contributed by atoms with Gasteiger partial charge in [-0.2, -0.15) is 0 Å². The molecule has 0 aliphatic carbocycles. The topological polar surface area (TPSA) is 237 Å². The number of phosphoric acid groups is 2. The highest BCUT2D eigenvalue weighted by atomic mass is 31.2. The van der Waals surface area contributed by atoms with Gasteiger partial charge in [-0.1, -0.05) is 337 Å². The molecule has 0 saturated carbocycles. The first-order valence-corrected chi connectivity index (χ1v) is 42.4. The minimum Gasteiger partial charge on any atom is -0.462 e. The van der Waals surface area contributed by atoms with E-state index in [0.717, 1.165) is 114 Å². The van der Waals surface area contributed by atoms with Gasteiger partial charge in [0, 0.05) is 25.7 Å². The van der Waals surface area contributed by atoms with E-state index in [-0.39, 0.29) is 25.7 Å². The molecule has 0 rings (SSSR count). The van der Waals surface area contributed by atoms with Crippen molar-refractivity contribution in [3.63, 3.8) is 0 Å². The first-order chi connectivity index (χ1) is 45.8. The van der Waals surface area contributed by atoms with Gasteiger partial charge >= 0.3 is 39.5 Å². The Morgan fingerprint density at radius 1 is 0.305 bits per heavy atom. The summed E-state index contributed by atoms with van der Waals surface area (Å²) >= 11 is 0. The first-order valence-electron chi connectivity index (χ1n) is 39.4. The zero-order valence-electron chi connectivity index (χ0n) is 62.1. The maximum atomic E-state index is 13.1. The molecule has 0 radical (unpaired) electrons. The van der Waals surface area contributed by atoms with Crippen LogP contribution in [-0.2, 0) is 65.4 Å². The van der Waals surface area contributed by atoms with Crippen molar-refractivity contribution >= 4 is 39.5 Å². The number of phosphoric ester groups is 2. The van der Waals surface area contributed by atoms with Gasteiger partial charge in [0.15, 0.2) is 12.2 Å². The molecule has 19 heteroatoms. The number of hydrogen-bond acceptors (Lipinski definition) is 15. The predicted octanol–water partition coefficient (Wildman–Crippen LogP) is 22.2. The Balaban J connectivity index is 5.26. The number of unbranched alkanes of at least 4 members (excludes halogenated alkanes) is 40. The van der Waals surface area contributed by atoms with Crippen LogP contribution in [0, 0.1) is 17.8 Å². The highest BCUT2D eigenvalue weighted by molar-refractivity contribution is 7.47. The van der Waals surface area contributed by atoms with Crippen LogP contribution in [0.1, 0.15) is 389 Å². The number of aliphatic hydroxyl groups excluding tert-OH is 1. The van der Waals surface area contributed by atoms with Crippen molar-refractivity contribution in [1.29, 1.82) is 0 Å². The molecule has 0 saturated heterocycles. The smallest absolute Gasteiger partial charge is 0.462 e. The van der Waals surface area contributed by atoms with Gasteiger partial charge in [0.05, 0.1) is 26.4 Å². The molecule has 0 aromatic rings. The third-order valence-corrected chi connectivity index (χ3v) is 20.3. The molecular weight excluding hydrogens is 1250 g/mol. The van der Waals surface area contributed by atoms with Crippen molar-refractivity contribution in [2.75, 3.05) is 39.6 Å².